The van der Waals surface area contributed by atoms with Gasteiger partial charge in [-0.05, 0) is 29.7 Å². The Kier molecular flexibility index (Phi) is 6.38. The SMILES string of the molecule is OB(O)c1ccc(Cl)cc1.[B]c1ccc(Cl)c(F)c1. The lowest BCUT2D eigenvalue weighted by Gasteiger charge is -1.96. The van der Waals surface area contributed by atoms with E-state index in [1.54, 1.807) is 30.3 Å². The highest BCUT2D eigenvalue weighted by molar-refractivity contribution is 6.58. The molecule has 0 bridgehead atoms. The van der Waals surface area contributed by atoms with E-state index in [1.165, 1.54) is 12.1 Å². The summed E-state index contributed by atoms with van der Waals surface area (Å²) in [5.74, 6) is -0.475. The van der Waals surface area contributed by atoms with E-state index in [0.717, 1.165) is 0 Å². The van der Waals surface area contributed by atoms with Crippen molar-refractivity contribution in [2.24, 2.45) is 0 Å². The Morgan fingerprint density at radius 1 is 1.00 bits per heavy atom. The number of hydrogen-bond donors (Lipinski definition) is 2. The second-order valence-corrected chi connectivity index (χ2v) is 4.44. The van der Waals surface area contributed by atoms with Crippen molar-refractivity contribution in [1.29, 1.82) is 0 Å². The van der Waals surface area contributed by atoms with E-state index in [9.17, 15) is 4.39 Å². The Bertz CT molecular complexity index is 536. The van der Waals surface area contributed by atoms with E-state index in [0.29, 0.717) is 15.9 Å². The van der Waals surface area contributed by atoms with Gasteiger partial charge >= 0.3 is 7.12 Å². The van der Waals surface area contributed by atoms with Crippen LogP contribution in [0.5, 0.6) is 0 Å². The topological polar surface area (TPSA) is 40.5 Å². The molecular weight excluding hydrogens is 288 g/mol. The molecule has 0 saturated carbocycles. The maximum Gasteiger partial charge on any atom is 0.488 e. The van der Waals surface area contributed by atoms with E-state index in [-0.39, 0.29) is 5.02 Å². The zero-order chi connectivity index (χ0) is 14.4. The first-order valence-corrected chi connectivity index (χ1v) is 5.98. The van der Waals surface area contributed by atoms with Gasteiger partial charge in [0.05, 0.1) is 5.02 Å². The Balaban J connectivity index is 0.000000191. The fourth-order valence-electron chi connectivity index (χ4n) is 1.15. The highest BCUT2D eigenvalue weighted by Crippen LogP contribution is 2.10. The van der Waals surface area contributed by atoms with E-state index < -0.39 is 12.9 Å². The summed E-state index contributed by atoms with van der Waals surface area (Å²) in [6.07, 6.45) is 0. The zero-order valence-electron chi connectivity index (χ0n) is 9.72. The predicted octanol–water partition coefficient (Wildman–Crippen LogP) is 1.29. The summed E-state index contributed by atoms with van der Waals surface area (Å²) in [5, 5.41) is 17.9. The lowest BCUT2D eigenvalue weighted by atomic mass is 9.81. The standard InChI is InChI=1S/C6H3BClF.C6H6BClO2/c7-4-1-2-5(8)6(9)3-4;8-6-3-1-5(2-4-6)7(9)10/h1-3H;1-4,9-10H. The van der Waals surface area contributed by atoms with Gasteiger partial charge in [-0.3, -0.25) is 0 Å². The molecule has 0 unspecified atom stereocenters. The van der Waals surface area contributed by atoms with Crippen molar-refractivity contribution in [3.63, 3.8) is 0 Å². The first-order valence-electron chi connectivity index (χ1n) is 5.22. The molecule has 2 aromatic carbocycles. The number of halogens is 3. The molecule has 0 saturated heterocycles. The summed E-state index contributed by atoms with van der Waals surface area (Å²) in [5.41, 5.74) is 0.835. The van der Waals surface area contributed by atoms with Gasteiger partial charge in [-0.25, -0.2) is 4.39 Å². The van der Waals surface area contributed by atoms with Gasteiger partial charge in [-0.2, -0.15) is 0 Å². The Morgan fingerprint density at radius 2 is 1.58 bits per heavy atom. The predicted molar refractivity (Wildman–Crippen MR) is 78.1 cm³/mol. The number of hydrogen-bond acceptors (Lipinski definition) is 2. The molecule has 0 fully saturated rings. The highest BCUT2D eigenvalue weighted by Gasteiger charge is 2.08. The smallest absolute Gasteiger partial charge is 0.423 e. The summed E-state index contributed by atoms with van der Waals surface area (Å²) >= 11 is 10.9. The van der Waals surface area contributed by atoms with Crippen molar-refractivity contribution >= 4 is 49.1 Å². The largest absolute Gasteiger partial charge is 0.488 e. The van der Waals surface area contributed by atoms with Crippen LogP contribution in [0.25, 0.3) is 0 Å². The summed E-state index contributed by atoms with van der Waals surface area (Å²) in [7, 11) is 3.82. The molecule has 0 atom stereocenters. The van der Waals surface area contributed by atoms with Crippen molar-refractivity contribution in [3.8, 4) is 0 Å². The lowest BCUT2D eigenvalue weighted by molar-refractivity contribution is 0.426. The maximum absolute atomic E-state index is 12.4. The van der Waals surface area contributed by atoms with Crippen molar-refractivity contribution in [2.45, 2.75) is 0 Å². The van der Waals surface area contributed by atoms with Gasteiger partial charge in [0.2, 0.25) is 0 Å². The first kappa shape index (κ1) is 16.1. The van der Waals surface area contributed by atoms with Gasteiger partial charge in [0.1, 0.15) is 13.7 Å². The van der Waals surface area contributed by atoms with Crippen molar-refractivity contribution in [1.82, 2.24) is 0 Å². The molecule has 96 valence electrons. The molecule has 0 aliphatic carbocycles. The van der Waals surface area contributed by atoms with E-state index in [1.807, 2.05) is 0 Å². The minimum absolute atomic E-state index is 0.101. The van der Waals surface area contributed by atoms with Crippen LogP contribution < -0.4 is 10.9 Å². The van der Waals surface area contributed by atoms with E-state index in [2.05, 4.69) is 0 Å². The van der Waals surface area contributed by atoms with Crippen molar-refractivity contribution < 1.29 is 14.4 Å². The van der Waals surface area contributed by atoms with Gasteiger partial charge in [0, 0.05) is 5.02 Å². The summed E-state index contributed by atoms with van der Waals surface area (Å²) in [6, 6.07) is 10.5. The molecule has 2 aromatic rings. The fourth-order valence-corrected chi connectivity index (χ4v) is 1.39. The highest BCUT2D eigenvalue weighted by atomic mass is 35.5. The normalized spacial score (nSPS) is 9.53. The molecule has 7 heteroatoms. The van der Waals surface area contributed by atoms with Crippen LogP contribution in [0.4, 0.5) is 4.39 Å². The quantitative estimate of drug-likeness (QED) is 0.779. The van der Waals surface area contributed by atoms with Gasteiger partial charge < -0.3 is 10.0 Å². The number of benzene rings is 2. The Hall–Kier alpha value is -1.00. The third kappa shape index (κ3) is 5.66. The number of rotatable bonds is 1. The van der Waals surface area contributed by atoms with Crippen LogP contribution in [-0.4, -0.2) is 25.0 Å². The Labute approximate surface area is 122 Å². The second kappa shape index (κ2) is 7.56. The molecule has 0 spiro atoms. The second-order valence-electron chi connectivity index (χ2n) is 3.60. The van der Waals surface area contributed by atoms with Crippen molar-refractivity contribution in [3.05, 3.63) is 58.3 Å². The fraction of sp³-hybridized carbons (Fsp3) is 0. The van der Waals surface area contributed by atoms with Crippen LogP contribution in [0.1, 0.15) is 0 Å². The van der Waals surface area contributed by atoms with Crippen LogP contribution in [0.15, 0.2) is 42.5 Å². The average Bonchev–Trinajstić information content (AvgIpc) is 2.35. The molecule has 0 heterocycles. The monoisotopic (exact) mass is 296 g/mol. The Morgan fingerprint density at radius 3 is 2.00 bits per heavy atom. The average molecular weight is 297 g/mol. The minimum Gasteiger partial charge on any atom is -0.423 e. The van der Waals surface area contributed by atoms with Crippen LogP contribution >= 0.6 is 23.2 Å². The summed E-state index contributed by atoms with van der Waals surface area (Å²) in [4.78, 5) is 0. The first-order chi connectivity index (χ1) is 8.90. The summed E-state index contributed by atoms with van der Waals surface area (Å²) in [6.45, 7) is 0. The van der Waals surface area contributed by atoms with Crippen LogP contribution in [0.2, 0.25) is 10.0 Å². The van der Waals surface area contributed by atoms with Crippen LogP contribution in [0.3, 0.4) is 0 Å². The van der Waals surface area contributed by atoms with Gasteiger partial charge in [0.15, 0.2) is 0 Å². The van der Waals surface area contributed by atoms with Gasteiger partial charge in [-0.15, -0.1) is 0 Å². The molecule has 0 aliphatic rings. The molecule has 0 amide bonds. The lowest BCUT2D eigenvalue weighted by Crippen LogP contribution is -2.29. The van der Waals surface area contributed by atoms with Gasteiger partial charge in [-0.1, -0.05) is 46.9 Å². The third-order valence-corrected chi connectivity index (χ3v) is 2.67. The van der Waals surface area contributed by atoms with Crippen LogP contribution in [0, 0.1) is 5.82 Å². The summed E-state index contributed by atoms with van der Waals surface area (Å²) < 4.78 is 12.4. The molecule has 0 aliphatic heterocycles. The maximum atomic E-state index is 12.4. The third-order valence-electron chi connectivity index (χ3n) is 2.11. The molecule has 19 heavy (non-hydrogen) atoms. The molecule has 2 N–H and O–H groups in total. The van der Waals surface area contributed by atoms with E-state index in [4.69, 9.17) is 41.1 Å². The zero-order valence-corrected chi connectivity index (χ0v) is 11.2. The van der Waals surface area contributed by atoms with Crippen molar-refractivity contribution in [2.75, 3.05) is 0 Å². The molecule has 0 aromatic heterocycles. The van der Waals surface area contributed by atoms with Crippen LogP contribution in [-0.2, 0) is 0 Å². The minimum atomic E-state index is -1.41. The molecule has 2 nitrogen and oxygen atoms in total. The molecular formula is C12H9B2Cl2FO2. The molecule has 2 rings (SSSR count). The van der Waals surface area contributed by atoms with Gasteiger partial charge in [0.25, 0.3) is 0 Å². The van der Waals surface area contributed by atoms with E-state index >= 15 is 0 Å². The molecule has 2 radical (unpaired) electrons.